The van der Waals surface area contributed by atoms with Crippen molar-refractivity contribution in [3.63, 3.8) is 0 Å². The van der Waals surface area contributed by atoms with E-state index in [4.69, 9.17) is 0 Å². The van der Waals surface area contributed by atoms with Crippen molar-refractivity contribution in [3.8, 4) is 0 Å². The molecule has 7 heavy (non-hydrogen) atoms. The molecule has 0 saturated heterocycles. The van der Waals surface area contributed by atoms with Gasteiger partial charge < -0.3 is 0 Å². The number of rotatable bonds is 4. The van der Waals surface area contributed by atoms with Crippen LogP contribution in [-0.4, -0.2) is 11.5 Å². The zero-order valence-corrected chi connectivity index (χ0v) is 6.09. The lowest BCUT2D eigenvalue weighted by Gasteiger charge is -1.89. The zero-order valence-electron chi connectivity index (χ0n) is 4.30. The summed E-state index contributed by atoms with van der Waals surface area (Å²) in [5.74, 6) is 1.93. The van der Waals surface area contributed by atoms with Crippen LogP contribution in [0.15, 0.2) is 0 Å². The Kier molecular flexibility index (Phi) is 7.37. The lowest BCUT2D eigenvalue weighted by atomic mass is 10.3. The maximum absolute atomic E-state index is 4.04. The number of thiol groups is 2. The highest BCUT2D eigenvalue weighted by Crippen LogP contribution is 1.95. The van der Waals surface area contributed by atoms with Gasteiger partial charge in [-0.1, -0.05) is 0 Å². The van der Waals surface area contributed by atoms with Crippen LogP contribution >= 0.6 is 25.3 Å². The molecule has 0 aliphatic rings. The first-order valence-electron chi connectivity index (χ1n) is 2.45. The third-order valence-electron chi connectivity index (χ3n) is 0.666. The van der Waals surface area contributed by atoms with Crippen LogP contribution in [0.3, 0.4) is 0 Å². The summed E-state index contributed by atoms with van der Waals surface area (Å²) >= 11 is 8.07. The predicted octanol–water partition coefficient (Wildman–Crippen LogP) is 1.83. The van der Waals surface area contributed by atoms with E-state index in [2.05, 4.69) is 31.7 Å². The molecule has 0 fully saturated rings. The smallest absolute Gasteiger partial charge is 0.00952 e. The van der Waals surface area contributed by atoms with E-state index in [0.717, 1.165) is 24.3 Å². The van der Waals surface area contributed by atoms with Crippen LogP contribution in [0.2, 0.25) is 0 Å². The third-order valence-corrected chi connectivity index (χ3v) is 1.18. The molecule has 0 nitrogen and oxygen atoms in total. The van der Waals surface area contributed by atoms with E-state index in [0.29, 0.717) is 0 Å². The van der Waals surface area contributed by atoms with Crippen molar-refractivity contribution in [1.29, 1.82) is 0 Å². The molecule has 0 heterocycles. The third kappa shape index (κ3) is 6.70. The van der Waals surface area contributed by atoms with Gasteiger partial charge >= 0.3 is 0 Å². The molecule has 0 aliphatic carbocycles. The average molecular weight is 135 g/mol. The molecule has 0 N–H and O–H groups in total. The molecule has 0 aliphatic heterocycles. The molecule has 0 aromatic rings. The summed E-state index contributed by atoms with van der Waals surface area (Å²) in [6.07, 6.45) is 4.44. The van der Waals surface area contributed by atoms with E-state index in [-0.39, 0.29) is 0 Å². The van der Waals surface area contributed by atoms with Crippen LogP contribution in [0.1, 0.15) is 12.8 Å². The molecule has 43 valence electrons. The van der Waals surface area contributed by atoms with Crippen molar-refractivity contribution in [2.45, 2.75) is 12.8 Å². The van der Waals surface area contributed by atoms with Crippen molar-refractivity contribution in [1.82, 2.24) is 0 Å². The Balaban J connectivity index is 2.45. The molecular formula is C5H11S2. The van der Waals surface area contributed by atoms with Crippen LogP contribution in [-0.2, 0) is 0 Å². The van der Waals surface area contributed by atoms with Gasteiger partial charge in [0.2, 0.25) is 0 Å². The van der Waals surface area contributed by atoms with Gasteiger partial charge in [0.15, 0.2) is 0 Å². The fraction of sp³-hybridized carbons (Fsp3) is 0.800. The first-order chi connectivity index (χ1) is 3.41. The molecule has 0 rings (SSSR count). The Morgan fingerprint density at radius 1 is 1.00 bits per heavy atom. The van der Waals surface area contributed by atoms with E-state index in [1.807, 2.05) is 0 Å². The lowest BCUT2D eigenvalue weighted by Crippen LogP contribution is -1.78. The Morgan fingerprint density at radius 2 is 1.43 bits per heavy atom. The summed E-state index contributed by atoms with van der Waals surface area (Å²) in [6.45, 7) is 0. The fourth-order valence-corrected chi connectivity index (χ4v) is 0.692. The molecule has 0 amide bonds. The van der Waals surface area contributed by atoms with Crippen LogP contribution in [0.4, 0.5) is 0 Å². The van der Waals surface area contributed by atoms with Crippen molar-refractivity contribution in [3.05, 3.63) is 6.42 Å². The highest BCUT2D eigenvalue weighted by atomic mass is 32.1. The van der Waals surface area contributed by atoms with Gasteiger partial charge in [0.05, 0.1) is 0 Å². The molecule has 1 radical (unpaired) electrons. The molecule has 0 bridgehead atoms. The summed E-state index contributed by atoms with van der Waals surface area (Å²) in [7, 11) is 0. The minimum absolute atomic E-state index is 0.966. The van der Waals surface area contributed by atoms with Crippen LogP contribution in [0.5, 0.6) is 0 Å². The highest BCUT2D eigenvalue weighted by molar-refractivity contribution is 7.80. The summed E-state index contributed by atoms with van der Waals surface area (Å²) in [4.78, 5) is 0. The van der Waals surface area contributed by atoms with Gasteiger partial charge in [-0.15, -0.1) is 0 Å². The number of unbranched alkanes of at least 4 members (excludes halogenated alkanes) is 2. The van der Waals surface area contributed by atoms with Gasteiger partial charge in [0, 0.05) is 0 Å². The van der Waals surface area contributed by atoms with Crippen molar-refractivity contribution >= 4 is 25.3 Å². The van der Waals surface area contributed by atoms with Crippen molar-refractivity contribution < 1.29 is 0 Å². The maximum atomic E-state index is 4.04. The van der Waals surface area contributed by atoms with Crippen LogP contribution < -0.4 is 0 Å². The van der Waals surface area contributed by atoms with Crippen LogP contribution in [0.25, 0.3) is 0 Å². The Labute approximate surface area is 56.5 Å². The second-order valence-electron chi connectivity index (χ2n) is 1.31. The number of hydrogen-bond acceptors (Lipinski definition) is 2. The lowest BCUT2D eigenvalue weighted by molar-refractivity contribution is 0.993. The normalized spacial score (nSPS) is 9.43. The first kappa shape index (κ1) is 7.70. The average Bonchev–Trinajstić information content (AvgIpc) is 1.69. The molecule has 0 unspecified atom stereocenters. The SMILES string of the molecule is SCC[CH]CCS. The molecule has 0 atom stereocenters. The standard InChI is InChI=1S/C5H11S2/c6-4-2-1-3-5-7/h1,6-7H,2-5H2. The van der Waals surface area contributed by atoms with Gasteiger partial charge in [-0.3, -0.25) is 0 Å². The minimum Gasteiger partial charge on any atom is -0.179 e. The number of hydrogen-bond donors (Lipinski definition) is 2. The minimum atomic E-state index is 0.966. The van der Waals surface area contributed by atoms with E-state index in [1.165, 1.54) is 0 Å². The molecule has 0 aromatic heterocycles. The Bertz CT molecular complexity index is 25.3. The summed E-state index contributed by atoms with van der Waals surface area (Å²) in [5.41, 5.74) is 0. The molecule has 0 aromatic carbocycles. The van der Waals surface area contributed by atoms with E-state index >= 15 is 0 Å². The topological polar surface area (TPSA) is 0 Å². The van der Waals surface area contributed by atoms with Crippen LogP contribution in [0, 0.1) is 6.42 Å². The second-order valence-corrected chi connectivity index (χ2v) is 2.21. The van der Waals surface area contributed by atoms with Gasteiger partial charge in [-0.2, -0.15) is 25.3 Å². The van der Waals surface area contributed by atoms with E-state index in [1.54, 1.807) is 0 Å². The van der Waals surface area contributed by atoms with Gasteiger partial charge in [-0.25, -0.2) is 0 Å². The Morgan fingerprint density at radius 3 is 1.71 bits per heavy atom. The quantitative estimate of drug-likeness (QED) is 0.426. The second kappa shape index (κ2) is 6.70. The predicted molar refractivity (Wildman–Crippen MR) is 41.2 cm³/mol. The monoisotopic (exact) mass is 135 g/mol. The molecule has 2 heteroatoms. The first-order valence-corrected chi connectivity index (χ1v) is 3.71. The zero-order chi connectivity index (χ0) is 5.54. The van der Waals surface area contributed by atoms with Crippen molar-refractivity contribution in [2.75, 3.05) is 11.5 Å². The summed E-state index contributed by atoms with van der Waals surface area (Å²) < 4.78 is 0. The largest absolute Gasteiger partial charge is 0.179 e. The van der Waals surface area contributed by atoms with Gasteiger partial charge in [-0.05, 0) is 30.8 Å². The molecule has 0 spiro atoms. The summed E-state index contributed by atoms with van der Waals surface area (Å²) in [5, 5.41) is 0. The Hall–Kier alpha value is 0.700. The van der Waals surface area contributed by atoms with Gasteiger partial charge in [0.25, 0.3) is 0 Å². The molecule has 0 saturated carbocycles. The van der Waals surface area contributed by atoms with E-state index < -0.39 is 0 Å². The molecular weight excluding hydrogens is 124 g/mol. The van der Waals surface area contributed by atoms with Gasteiger partial charge in [0.1, 0.15) is 0 Å². The van der Waals surface area contributed by atoms with E-state index in [9.17, 15) is 0 Å². The summed E-state index contributed by atoms with van der Waals surface area (Å²) in [6, 6.07) is 0. The highest BCUT2D eigenvalue weighted by Gasteiger charge is 1.81. The maximum Gasteiger partial charge on any atom is -0.00952 e. The van der Waals surface area contributed by atoms with Crippen molar-refractivity contribution in [2.24, 2.45) is 0 Å². The fourth-order valence-electron chi connectivity index (χ4n) is 0.327.